The van der Waals surface area contributed by atoms with Crippen molar-refractivity contribution in [1.82, 2.24) is 19.5 Å². The molecule has 0 saturated carbocycles. The predicted octanol–water partition coefficient (Wildman–Crippen LogP) is -1.20. The van der Waals surface area contributed by atoms with Gasteiger partial charge < -0.3 is 35.5 Å². The third-order valence-corrected chi connectivity index (χ3v) is 4.29. The Labute approximate surface area is 139 Å². The Morgan fingerprint density at radius 2 is 2.25 bits per heavy atom. The smallest absolute Gasteiger partial charge is 0.394 e. The molecule has 1 saturated heterocycles. The zero-order valence-electron chi connectivity index (χ0n) is 11.9. The normalized spacial score (nSPS) is 27.8. The van der Waals surface area contributed by atoms with Gasteiger partial charge in [-0.15, -0.1) is 0 Å². The van der Waals surface area contributed by atoms with Crippen molar-refractivity contribution in [2.24, 2.45) is 0 Å². The van der Waals surface area contributed by atoms with E-state index in [0.717, 1.165) is 0 Å². The van der Waals surface area contributed by atoms with Gasteiger partial charge in [-0.2, -0.15) is 0 Å². The molecule has 1 fully saturated rings. The van der Waals surface area contributed by atoms with E-state index >= 15 is 0 Å². The molecule has 0 bridgehead atoms. The Hall–Kier alpha value is -1.44. The highest BCUT2D eigenvalue weighted by Crippen LogP contribution is 2.45. The minimum atomic E-state index is -4.93. The number of anilines is 1. The molecule has 132 valence electrons. The van der Waals surface area contributed by atoms with Crippen LogP contribution in [0.25, 0.3) is 11.2 Å². The van der Waals surface area contributed by atoms with Gasteiger partial charge >= 0.3 is 7.82 Å². The zero-order valence-corrected chi connectivity index (χ0v) is 13.6. The highest BCUT2D eigenvalue weighted by molar-refractivity contribution is 7.71. The molecule has 3 rings (SSSR count). The van der Waals surface area contributed by atoms with Gasteiger partial charge in [-0.1, -0.05) is 12.2 Å². The maximum atomic E-state index is 11.2. The van der Waals surface area contributed by atoms with E-state index in [2.05, 4.69) is 19.5 Å². The maximum Gasteiger partial charge on any atom is 0.470 e. The molecule has 1 aliphatic heterocycles. The van der Waals surface area contributed by atoms with E-state index in [1.54, 1.807) is 0 Å². The van der Waals surface area contributed by atoms with Crippen LogP contribution in [0.1, 0.15) is 6.23 Å². The van der Waals surface area contributed by atoms with Crippen LogP contribution in [0.4, 0.5) is 5.95 Å². The number of fused-ring (bicyclic) bond motifs is 1. The van der Waals surface area contributed by atoms with Gasteiger partial charge in [-0.3, -0.25) is 9.09 Å². The highest BCUT2D eigenvalue weighted by atomic mass is 32.1. The lowest BCUT2D eigenvalue weighted by atomic mass is 10.1. The average Bonchev–Trinajstić information content (AvgIpc) is 3.00. The number of aromatic amines is 1. The van der Waals surface area contributed by atoms with E-state index < -0.39 is 39.0 Å². The van der Waals surface area contributed by atoms with Crippen molar-refractivity contribution in [3.8, 4) is 0 Å². The first-order valence-electron chi connectivity index (χ1n) is 6.62. The topological polar surface area (TPSA) is 189 Å². The fraction of sp³-hybridized carbons (Fsp3) is 0.500. The molecule has 2 aromatic rings. The Balaban J connectivity index is 2.09. The molecule has 1 aliphatic rings. The summed E-state index contributed by atoms with van der Waals surface area (Å²) in [5.74, 6) is -0.000963. The first kappa shape index (κ1) is 17.4. The van der Waals surface area contributed by atoms with Crippen LogP contribution in [-0.4, -0.2) is 64.4 Å². The largest absolute Gasteiger partial charge is 0.470 e. The van der Waals surface area contributed by atoms with Crippen molar-refractivity contribution in [2.45, 2.75) is 24.5 Å². The second-order valence-electron chi connectivity index (χ2n) is 5.08. The third-order valence-electron chi connectivity index (χ3n) is 3.49. The molecule has 0 aliphatic carbocycles. The van der Waals surface area contributed by atoms with E-state index in [1.165, 1.54) is 10.9 Å². The number of nitrogens with two attached hydrogens (primary N) is 1. The van der Waals surface area contributed by atoms with Crippen molar-refractivity contribution in [3.05, 3.63) is 11.0 Å². The SMILES string of the molecule is Nc1nc(=S)c2ncn(C3OC(CO)C(O)C3OP(=O)(O)O)c2[nH]1. The number of phosphoric acid groups is 1. The average molecular weight is 379 g/mol. The molecule has 7 N–H and O–H groups in total. The molecule has 4 unspecified atom stereocenters. The van der Waals surface area contributed by atoms with Gasteiger partial charge in [0.15, 0.2) is 16.8 Å². The van der Waals surface area contributed by atoms with Crippen LogP contribution in [0.5, 0.6) is 0 Å². The molecule has 4 atom stereocenters. The lowest BCUT2D eigenvalue weighted by molar-refractivity contribution is -0.0505. The summed E-state index contributed by atoms with van der Waals surface area (Å²) in [5.41, 5.74) is 6.15. The fourth-order valence-corrected chi connectivity index (χ4v) is 3.30. The number of aliphatic hydroxyl groups excluding tert-OH is 2. The van der Waals surface area contributed by atoms with Gasteiger partial charge in [-0.25, -0.2) is 14.5 Å². The first-order valence-corrected chi connectivity index (χ1v) is 8.56. The van der Waals surface area contributed by atoms with E-state index in [9.17, 15) is 14.8 Å². The molecule has 0 aromatic carbocycles. The zero-order chi connectivity index (χ0) is 17.6. The van der Waals surface area contributed by atoms with Crippen LogP contribution < -0.4 is 5.73 Å². The van der Waals surface area contributed by atoms with Crippen LogP contribution in [0, 0.1) is 4.64 Å². The Morgan fingerprint density at radius 3 is 2.88 bits per heavy atom. The summed E-state index contributed by atoms with van der Waals surface area (Å²) in [7, 11) is -4.93. The summed E-state index contributed by atoms with van der Waals surface area (Å²) in [5, 5.41) is 19.4. The number of hydrogen-bond donors (Lipinski definition) is 6. The fourth-order valence-electron chi connectivity index (χ4n) is 2.51. The minimum Gasteiger partial charge on any atom is -0.394 e. The number of phosphoric ester groups is 1. The van der Waals surface area contributed by atoms with E-state index in [1.807, 2.05) is 0 Å². The molecule has 0 radical (unpaired) electrons. The summed E-state index contributed by atoms with van der Waals surface area (Å²) < 4.78 is 22.7. The van der Waals surface area contributed by atoms with Crippen LogP contribution in [0.2, 0.25) is 0 Å². The van der Waals surface area contributed by atoms with Gasteiger partial charge in [0.1, 0.15) is 29.5 Å². The summed E-state index contributed by atoms with van der Waals surface area (Å²) >= 11 is 5.04. The summed E-state index contributed by atoms with van der Waals surface area (Å²) in [6.07, 6.45) is -3.97. The van der Waals surface area contributed by atoms with Gasteiger partial charge in [-0.05, 0) is 0 Å². The number of H-pyrrole nitrogens is 1. The van der Waals surface area contributed by atoms with Crippen molar-refractivity contribution in [2.75, 3.05) is 12.3 Å². The molecule has 24 heavy (non-hydrogen) atoms. The van der Waals surface area contributed by atoms with Crippen LogP contribution in [0.3, 0.4) is 0 Å². The molecule has 14 heteroatoms. The molecule has 3 heterocycles. The first-order chi connectivity index (χ1) is 11.2. The number of aliphatic hydroxyl groups is 2. The monoisotopic (exact) mass is 379 g/mol. The quantitative estimate of drug-likeness (QED) is 0.276. The Morgan fingerprint density at radius 1 is 1.54 bits per heavy atom. The molecular formula is C10H14N5O7PS. The second kappa shape index (κ2) is 6.13. The van der Waals surface area contributed by atoms with E-state index in [0.29, 0.717) is 0 Å². The van der Waals surface area contributed by atoms with Crippen LogP contribution in [0.15, 0.2) is 6.33 Å². The van der Waals surface area contributed by atoms with Gasteiger partial charge in [0.2, 0.25) is 0 Å². The molecule has 2 aromatic heterocycles. The minimum absolute atomic E-state index is 0.000963. The van der Waals surface area contributed by atoms with Gasteiger partial charge in [0, 0.05) is 0 Å². The number of rotatable bonds is 4. The van der Waals surface area contributed by atoms with Crippen molar-refractivity contribution >= 4 is 37.2 Å². The highest BCUT2D eigenvalue weighted by Gasteiger charge is 2.48. The molecule has 12 nitrogen and oxygen atoms in total. The predicted molar refractivity (Wildman–Crippen MR) is 81.0 cm³/mol. The Kier molecular flexibility index (Phi) is 4.44. The van der Waals surface area contributed by atoms with Crippen molar-refractivity contribution in [1.29, 1.82) is 0 Å². The summed E-state index contributed by atoms with van der Waals surface area (Å²) in [6, 6.07) is 0. The number of hydrogen-bond acceptors (Lipinski definition) is 9. The standard InChI is InChI=1S/C10H14N5O7PS/c11-10-13-7-4(8(24)14-10)12-2-15(7)9-6(22-23(18,19)20)5(17)3(1-16)21-9/h2-3,5-6,9,16-17H,1H2,(H2,18,19,20)(H3,11,13,14,24). The number of nitrogens with one attached hydrogen (secondary N) is 1. The van der Waals surface area contributed by atoms with Gasteiger partial charge in [0.25, 0.3) is 0 Å². The van der Waals surface area contributed by atoms with Gasteiger partial charge in [0.05, 0.1) is 12.9 Å². The Bertz CT molecular complexity index is 865. The van der Waals surface area contributed by atoms with Crippen LogP contribution >= 0.6 is 20.0 Å². The lowest BCUT2D eigenvalue weighted by Crippen LogP contribution is -2.34. The van der Waals surface area contributed by atoms with E-state index in [4.69, 9.17) is 32.5 Å². The molecule has 0 spiro atoms. The second-order valence-corrected chi connectivity index (χ2v) is 6.65. The number of imidazole rings is 1. The lowest BCUT2D eigenvalue weighted by Gasteiger charge is -2.22. The number of nitrogen functional groups attached to an aromatic ring is 1. The van der Waals surface area contributed by atoms with E-state index in [-0.39, 0.29) is 21.8 Å². The summed E-state index contributed by atoms with van der Waals surface area (Å²) in [6.45, 7) is -0.578. The summed E-state index contributed by atoms with van der Waals surface area (Å²) in [4.78, 5) is 28.7. The number of ether oxygens (including phenoxy) is 1. The van der Waals surface area contributed by atoms with Crippen LogP contribution in [-0.2, 0) is 13.8 Å². The molecular weight excluding hydrogens is 365 g/mol. The van der Waals surface area contributed by atoms with Crippen molar-refractivity contribution < 1.29 is 33.8 Å². The number of nitrogens with zero attached hydrogens (tertiary/aromatic N) is 3. The maximum absolute atomic E-state index is 11.2. The number of aromatic nitrogens is 4. The van der Waals surface area contributed by atoms with Crippen molar-refractivity contribution in [3.63, 3.8) is 0 Å². The third kappa shape index (κ3) is 3.08. The molecule has 0 amide bonds.